The average molecular weight is 270 g/mol. The van der Waals surface area contributed by atoms with Crippen molar-refractivity contribution >= 4 is 30.4 Å². The Morgan fingerprint density at radius 1 is 0.889 bits per heavy atom. The van der Waals surface area contributed by atoms with Crippen molar-refractivity contribution in [2.45, 2.75) is 0 Å². The van der Waals surface area contributed by atoms with Crippen LogP contribution in [-0.4, -0.2) is 4.86 Å². The Hall–Kier alpha value is -1.45. The van der Waals surface area contributed by atoms with Crippen LogP contribution >= 0.6 is 20.6 Å². The van der Waals surface area contributed by atoms with E-state index in [0.29, 0.717) is 0 Å². The second-order valence-corrected chi connectivity index (χ2v) is 7.23. The molecule has 0 saturated carbocycles. The SMILES string of the molecule is C1=C(c2ccccc2)SS2=C1c1ccccc1O2. The lowest BCUT2D eigenvalue weighted by molar-refractivity contribution is 0.658. The van der Waals surface area contributed by atoms with Gasteiger partial charge in [0, 0.05) is 10.5 Å². The molecule has 0 N–H and O–H groups in total. The summed E-state index contributed by atoms with van der Waals surface area (Å²) in [5.41, 5.74) is 2.53. The van der Waals surface area contributed by atoms with Gasteiger partial charge in [-0.2, -0.15) is 0 Å². The Balaban J connectivity index is 1.76. The van der Waals surface area contributed by atoms with Gasteiger partial charge in [-0.25, -0.2) is 0 Å². The largest absolute Gasteiger partial charge is 0.422 e. The third-order valence-corrected chi connectivity index (χ3v) is 6.43. The molecule has 1 atom stereocenters. The van der Waals surface area contributed by atoms with E-state index in [9.17, 15) is 0 Å². The topological polar surface area (TPSA) is 9.23 Å². The van der Waals surface area contributed by atoms with Crippen LogP contribution in [0.2, 0.25) is 0 Å². The summed E-state index contributed by atoms with van der Waals surface area (Å²) in [4.78, 5) is 2.64. The molecule has 1 unspecified atom stereocenters. The standard InChI is InChI=1S/C15H10OS2/c1-2-6-11(7-3-1)14-10-15-12-8-4-5-9-13(12)16-18(15)17-14/h1-10H. The summed E-state index contributed by atoms with van der Waals surface area (Å²) in [6.45, 7) is 0. The van der Waals surface area contributed by atoms with Crippen molar-refractivity contribution in [1.29, 1.82) is 0 Å². The Labute approximate surface area is 112 Å². The first-order valence-electron chi connectivity index (χ1n) is 5.76. The van der Waals surface area contributed by atoms with Crippen LogP contribution in [-0.2, 0) is 0 Å². The van der Waals surface area contributed by atoms with Crippen LogP contribution in [0.15, 0.2) is 60.7 Å². The van der Waals surface area contributed by atoms with Crippen LogP contribution < -0.4 is 4.18 Å². The summed E-state index contributed by atoms with van der Waals surface area (Å²) >= 11 is 0. The van der Waals surface area contributed by atoms with E-state index in [0.717, 1.165) is 5.75 Å². The molecule has 0 fully saturated rings. The molecule has 0 radical (unpaired) electrons. The zero-order valence-electron chi connectivity index (χ0n) is 9.50. The van der Waals surface area contributed by atoms with Crippen molar-refractivity contribution in [3.05, 3.63) is 71.8 Å². The van der Waals surface area contributed by atoms with E-state index in [-0.39, 0.29) is 9.80 Å². The number of hydrogen-bond acceptors (Lipinski definition) is 2. The fourth-order valence-electron chi connectivity index (χ4n) is 2.11. The Morgan fingerprint density at radius 2 is 1.67 bits per heavy atom. The molecule has 0 spiro atoms. The Bertz CT molecular complexity index is 687. The molecule has 2 heterocycles. The van der Waals surface area contributed by atoms with Gasteiger partial charge in [-0.3, -0.25) is 0 Å². The van der Waals surface area contributed by atoms with Crippen LogP contribution in [0.25, 0.3) is 4.91 Å². The highest BCUT2D eigenvalue weighted by molar-refractivity contribution is 8.86. The van der Waals surface area contributed by atoms with Crippen molar-refractivity contribution in [1.82, 2.24) is 0 Å². The lowest BCUT2D eigenvalue weighted by atomic mass is 10.1. The predicted molar refractivity (Wildman–Crippen MR) is 80.8 cm³/mol. The number of rotatable bonds is 1. The van der Waals surface area contributed by atoms with Gasteiger partial charge in [0.15, 0.2) is 0 Å². The molecule has 2 aromatic carbocycles. The number of benzene rings is 2. The van der Waals surface area contributed by atoms with Crippen LogP contribution in [0.1, 0.15) is 11.1 Å². The summed E-state index contributed by atoms with van der Waals surface area (Å²) in [6, 6.07) is 18.8. The molecule has 4 rings (SSSR count). The van der Waals surface area contributed by atoms with E-state index >= 15 is 0 Å². The van der Waals surface area contributed by atoms with Gasteiger partial charge < -0.3 is 4.18 Å². The number of fused-ring (bicyclic) bond motifs is 2. The molecule has 0 saturated heterocycles. The minimum atomic E-state index is -0.154. The minimum absolute atomic E-state index is 0.154. The molecule has 88 valence electrons. The third kappa shape index (κ3) is 1.55. The highest BCUT2D eigenvalue weighted by Gasteiger charge is 2.28. The molecule has 1 nitrogen and oxygen atoms in total. The molecular formula is C15H10OS2. The van der Waals surface area contributed by atoms with E-state index in [4.69, 9.17) is 4.18 Å². The quantitative estimate of drug-likeness (QED) is 0.558. The monoisotopic (exact) mass is 270 g/mol. The van der Waals surface area contributed by atoms with Gasteiger partial charge in [0.25, 0.3) is 0 Å². The molecule has 0 bridgehead atoms. The summed E-state index contributed by atoms with van der Waals surface area (Å²) in [7, 11) is 1.67. The minimum Gasteiger partial charge on any atom is -0.422 e. The second kappa shape index (κ2) is 4.04. The maximum absolute atomic E-state index is 5.98. The molecule has 2 aliphatic heterocycles. The second-order valence-electron chi connectivity index (χ2n) is 4.14. The molecule has 0 aliphatic carbocycles. The fraction of sp³-hybridized carbons (Fsp3) is 0. The molecule has 3 heteroatoms. The van der Waals surface area contributed by atoms with E-state index in [2.05, 4.69) is 42.5 Å². The summed E-state index contributed by atoms with van der Waals surface area (Å²) in [6.07, 6.45) is 2.27. The number of para-hydroxylation sites is 1. The zero-order chi connectivity index (χ0) is 11.9. The van der Waals surface area contributed by atoms with Crippen LogP contribution in [0.4, 0.5) is 0 Å². The van der Waals surface area contributed by atoms with Crippen LogP contribution in [0.5, 0.6) is 5.75 Å². The van der Waals surface area contributed by atoms with E-state index in [1.54, 1.807) is 0 Å². The lowest BCUT2D eigenvalue weighted by Crippen LogP contribution is -1.89. The van der Waals surface area contributed by atoms with Gasteiger partial charge in [0.1, 0.15) is 5.75 Å². The fourth-order valence-corrected chi connectivity index (χ4v) is 5.75. The van der Waals surface area contributed by atoms with Gasteiger partial charge in [-0.15, -0.1) is 0 Å². The normalized spacial score (nSPS) is 20.1. The zero-order valence-corrected chi connectivity index (χ0v) is 11.1. The maximum atomic E-state index is 5.98. The van der Waals surface area contributed by atoms with Crippen LogP contribution in [0, 0.1) is 0 Å². The van der Waals surface area contributed by atoms with Crippen LogP contribution in [0.3, 0.4) is 0 Å². The van der Waals surface area contributed by atoms with Gasteiger partial charge in [-0.05, 0) is 34.6 Å². The molecule has 2 aromatic rings. The third-order valence-electron chi connectivity index (χ3n) is 2.98. The summed E-state index contributed by atoms with van der Waals surface area (Å²) < 4.78 is 5.98. The highest BCUT2D eigenvalue weighted by Crippen LogP contribution is 2.54. The molecule has 0 aromatic heterocycles. The van der Waals surface area contributed by atoms with Crippen molar-refractivity contribution in [2.24, 2.45) is 0 Å². The average Bonchev–Trinajstić information content (AvgIpc) is 2.97. The smallest absolute Gasteiger partial charge is 0.146 e. The first-order chi connectivity index (χ1) is 8.92. The summed E-state index contributed by atoms with van der Waals surface area (Å²) in [5.74, 6) is 1.02. The maximum Gasteiger partial charge on any atom is 0.146 e. The number of hydrogen-bond donors (Lipinski definition) is 0. The molecular weight excluding hydrogens is 260 g/mol. The Kier molecular flexibility index (Phi) is 2.35. The van der Waals surface area contributed by atoms with E-state index in [1.165, 1.54) is 20.9 Å². The summed E-state index contributed by atoms with van der Waals surface area (Å²) in [5, 5.41) is 0. The first-order valence-corrected chi connectivity index (χ1v) is 8.24. The van der Waals surface area contributed by atoms with Crippen molar-refractivity contribution in [3.8, 4) is 5.75 Å². The Morgan fingerprint density at radius 3 is 2.56 bits per heavy atom. The molecule has 2 aliphatic rings. The van der Waals surface area contributed by atoms with Gasteiger partial charge in [0.05, 0.1) is 14.7 Å². The van der Waals surface area contributed by atoms with Gasteiger partial charge in [-0.1, -0.05) is 42.5 Å². The van der Waals surface area contributed by atoms with Crippen molar-refractivity contribution in [3.63, 3.8) is 0 Å². The van der Waals surface area contributed by atoms with Gasteiger partial charge >= 0.3 is 0 Å². The van der Waals surface area contributed by atoms with E-state index < -0.39 is 0 Å². The molecule has 0 amide bonds. The molecule has 18 heavy (non-hydrogen) atoms. The lowest BCUT2D eigenvalue weighted by Gasteiger charge is -2.06. The van der Waals surface area contributed by atoms with Crippen molar-refractivity contribution < 1.29 is 4.18 Å². The predicted octanol–water partition coefficient (Wildman–Crippen LogP) is 4.49. The number of allylic oxidation sites excluding steroid dienone is 1. The first kappa shape index (κ1) is 10.5. The van der Waals surface area contributed by atoms with Gasteiger partial charge in [0.2, 0.25) is 0 Å². The van der Waals surface area contributed by atoms with Crippen molar-refractivity contribution in [2.75, 3.05) is 0 Å². The van der Waals surface area contributed by atoms with E-state index in [1.807, 2.05) is 29.0 Å². The highest BCUT2D eigenvalue weighted by atomic mass is 33.1.